The minimum atomic E-state index is -0.337. The normalized spacial score (nSPS) is 10.7. The van der Waals surface area contributed by atoms with Gasteiger partial charge in [-0.1, -0.05) is 29.8 Å². The molecule has 1 amide bonds. The van der Waals surface area contributed by atoms with E-state index in [1.807, 2.05) is 62.4 Å². The van der Waals surface area contributed by atoms with Gasteiger partial charge in [-0.15, -0.1) is 11.3 Å². The lowest BCUT2D eigenvalue weighted by Crippen LogP contribution is -2.10. The number of hydrogen-bond donors (Lipinski definition) is 1. The van der Waals surface area contributed by atoms with Gasteiger partial charge in [0.15, 0.2) is 10.9 Å². The van der Waals surface area contributed by atoms with Gasteiger partial charge in [0.1, 0.15) is 23.9 Å². The van der Waals surface area contributed by atoms with Crippen molar-refractivity contribution in [3.8, 4) is 11.5 Å². The van der Waals surface area contributed by atoms with Crippen LogP contribution in [0.25, 0.3) is 0 Å². The first-order valence-corrected chi connectivity index (χ1v) is 11.0. The first-order chi connectivity index (χ1) is 15.5. The number of benzene rings is 2. The molecule has 1 N–H and O–H groups in total. The van der Waals surface area contributed by atoms with Gasteiger partial charge < -0.3 is 13.9 Å². The molecule has 6 nitrogen and oxygen atoms in total. The lowest BCUT2D eigenvalue weighted by Gasteiger charge is -2.04. The van der Waals surface area contributed by atoms with Crippen molar-refractivity contribution in [2.24, 2.45) is 0 Å². The van der Waals surface area contributed by atoms with Gasteiger partial charge in [0.25, 0.3) is 5.91 Å². The SMILES string of the molecule is COc1ccc(Cc2sc(NC(=O)c3ccc(COc4ccc(C)cc4)o3)nc2C)cc1. The second kappa shape index (κ2) is 9.70. The van der Waals surface area contributed by atoms with E-state index in [0.717, 1.165) is 34.1 Å². The van der Waals surface area contributed by atoms with E-state index < -0.39 is 0 Å². The van der Waals surface area contributed by atoms with Crippen molar-refractivity contribution in [2.45, 2.75) is 26.9 Å². The number of carbonyl (C=O) groups excluding carboxylic acids is 1. The van der Waals surface area contributed by atoms with Crippen LogP contribution in [0.4, 0.5) is 5.13 Å². The van der Waals surface area contributed by atoms with E-state index in [4.69, 9.17) is 13.9 Å². The average molecular weight is 449 g/mol. The number of methoxy groups -OCH3 is 1. The molecule has 0 aliphatic heterocycles. The molecule has 4 rings (SSSR count). The number of thiazole rings is 1. The molecule has 2 aromatic heterocycles. The second-order valence-electron chi connectivity index (χ2n) is 7.37. The van der Waals surface area contributed by atoms with E-state index in [2.05, 4.69) is 10.3 Å². The lowest BCUT2D eigenvalue weighted by atomic mass is 10.1. The summed E-state index contributed by atoms with van der Waals surface area (Å²) < 4.78 is 16.6. The molecule has 0 unspecified atom stereocenters. The number of carbonyl (C=O) groups is 1. The second-order valence-corrected chi connectivity index (χ2v) is 8.46. The van der Waals surface area contributed by atoms with Crippen molar-refractivity contribution < 1.29 is 18.7 Å². The summed E-state index contributed by atoms with van der Waals surface area (Å²) in [7, 11) is 1.65. The monoisotopic (exact) mass is 448 g/mol. The van der Waals surface area contributed by atoms with Crippen LogP contribution in [-0.2, 0) is 13.0 Å². The number of amides is 1. The summed E-state index contributed by atoms with van der Waals surface area (Å²) >= 11 is 1.46. The molecule has 4 aromatic rings. The van der Waals surface area contributed by atoms with E-state index in [-0.39, 0.29) is 18.3 Å². The molecule has 0 atom stereocenters. The first-order valence-electron chi connectivity index (χ1n) is 10.2. The third-order valence-corrected chi connectivity index (χ3v) is 6.00. The highest BCUT2D eigenvalue weighted by Crippen LogP contribution is 2.26. The summed E-state index contributed by atoms with van der Waals surface area (Å²) in [5.74, 6) is 2.03. The van der Waals surface area contributed by atoms with Gasteiger partial charge >= 0.3 is 0 Å². The fourth-order valence-electron chi connectivity index (χ4n) is 3.10. The van der Waals surface area contributed by atoms with Crippen molar-refractivity contribution in [1.82, 2.24) is 4.98 Å². The van der Waals surface area contributed by atoms with Crippen LogP contribution in [0.1, 0.15) is 38.0 Å². The van der Waals surface area contributed by atoms with Crippen molar-refractivity contribution in [1.29, 1.82) is 0 Å². The molecule has 2 heterocycles. The predicted octanol–water partition coefficient (Wildman–Crippen LogP) is 5.78. The fraction of sp³-hybridized carbons (Fsp3) is 0.200. The van der Waals surface area contributed by atoms with Gasteiger partial charge in [-0.3, -0.25) is 10.1 Å². The number of anilines is 1. The molecule has 2 aromatic carbocycles. The molecule has 0 saturated carbocycles. The fourth-order valence-corrected chi connectivity index (χ4v) is 4.09. The minimum absolute atomic E-state index is 0.220. The number of ether oxygens (including phenoxy) is 2. The molecule has 0 aliphatic carbocycles. The standard InChI is InChI=1S/C25H24N2O4S/c1-16-4-8-20(9-5-16)30-15-21-12-13-22(31-21)24(28)27-25-26-17(2)23(32-25)14-18-6-10-19(29-3)11-7-18/h4-13H,14-15H2,1-3H3,(H,26,27,28). The van der Waals surface area contributed by atoms with Crippen LogP contribution in [0.15, 0.2) is 65.1 Å². The number of furan rings is 1. The van der Waals surface area contributed by atoms with Crippen LogP contribution in [0, 0.1) is 13.8 Å². The number of hydrogen-bond acceptors (Lipinski definition) is 6. The Morgan fingerprint density at radius 3 is 2.44 bits per heavy atom. The molecular weight excluding hydrogens is 424 g/mol. The average Bonchev–Trinajstić information content (AvgIpc) is 3.40. The maximum Gasteiger partial charge on any atom is 0.293 e. The van der Waals surface area contributed by atoms with Crippen molar-refractivity contribution in [3.63, 3.8) is 0 Å². The maximum absolute atomic E-state index is 12.6. The highest BCUT2D eigenvalue weighted by Gasteiger charge is 2.15. The highest BCUT2D eigenvalue weighted by atomic mass is 32.1. The summed E-state index contributed by atoms with van der Waals surface area (Å²) in [4.78, 5) is 18.2. The number of aryl methyl sites for hydroxylation is 2. The lowest BCUT2D eigenvalue weighted by molar-refractivity contribution is 0.0992. The third kappa shape index (κ3) is 5.36. The molecule has 0 aliphatic rings. The van der Waals surface area contributed by atoms with Crippen molar-refractivity contribution >= 4 is 22.4 Å². The summed E-state index contributed by atoms with van der Waals surface area (Å²) in [5.41, 5.74) is 3.21. The molecule has 164 valence electrons. The van der Waals surface area contributed by atoms with Crippen molar-refractivity contribution in [3.05, 3.63) is 93.9 Å². The van der Waals surface area contributed by atoms with Crippen LogP contribution < -0.4 is 14.8 Å². The van der Waals surface area contributed by atoms with Gasteiger partial charge in [0, 0.05) is 11.3 Å². The van der Waals surface area contributed by atoms with Gasteiger partial charge in [-0.05, 0) is 55.8 Å². The Morgan fingerprint density at radius 2 is 1.72 bits per heavy atom. The van der Waals surface area contributed by atoms with Gasteiger partial charge in [-0.2, -0.15) is 0 Å². The molecule has 0 fully saturated rings. The highest BCUT2D eigenvalue weighted by molar-refractivity contribution is 7.15. The summed E-state index contributed by atoms with van der Waals surface area (Å²) in [5, 5.41) is 3.38. The Morgan fingerprint density at radius 1 is 1.00 bits per heavy atom. The Labute approximate surface area is 190 Å². The van der Waals surface area contributed by atoms with Crippen LogP contribution in [-0.4, -0.2) is 18.0 Å². The van der Waals surface area contributed by atoms with Crippen LogP contribution >= 0.6 is 11.3 Å². The number of rotatable bonds is 8. The molecule has 32 heavy (non-hydrogen) atoms. The maximum atomic E-state index is 12.6. The molecule has 0 spiro atoms. The Hall–Kier alpha value is -3.58. The van der Waals surface area contributed by atoms with Gasteiger partial charge in [0.05, 0.1) is 12.8 Å². The zero-order valence-corrected chi connectivity index (χ0v) is 19.0. The van der Waals surface area contributed by atoms with Crippen LogP contribution in [0.3, 0.4) is 0 Å². The molecule has 0 radical (unpaired) electrons. The summed E-state index contributed by atoms with van der Waals surface area (Å²) in [6.45, 7) is 4.21. The van der Waals surface area contributed by atoms with E-state index in [9.17, 15) is 4.79 Å². The Balaban J connectivity index is 1.35. The third-order valence-electron chi connectivity index (χ3n) is 4.92. The zero-order valence-electron chi connectivity index (χ0n) is 18.2. The van der Waals surface area contributed by atoms with E-state index in [0.29, 0.717) is 10.9 Å². The van der Waals surface area contributed by atoms with Crippen LogP contribution in [0.5, 0.6) is 11.5 Å². The van der Waals surface area contributed by atoms with E-state index in [1.165, 1.54) is 16.9 Å². The van der Waals surface area contributed by atoms with Crippen molar-refractivity contribution in [2.75, 3.05) is 12.4 Å². The number of nitrogens with zero attached hydrogens (tertiary/aromatic N) is 1. The Kier molecular flexibility index (Phi) is 6.56. The molecular formula is C25H24N2O4S. The van der Waals surface area contributed by atoms with Crippen LogP contribution in [0.2, 0.25) is 0 Å². The molecule has 0 bridgehead atoms. The number of aromatic nitrogens is 1. The van der Waals surface area contributed by atoms with E-state index >= 15 is 0 Å². The summed E-state index contributed by atoms with van der Waals surface area (Å²) in [6, 6.07) is 19.1. The number of nitrogens with one attached hydrogen (secondary N) is 1. The molecule has 7 heteroatoms. The first kappa shape index (κ1) is 21.6. The zero-order chi connectivity index (χ0) is 22.5. The predicted molar refractivity (Wildman–Crippen MR) is 125 cm³/mol. The Bertz CT molecular complexity index is 1190. The van der Waals surface area contributed by atoms with Gasteiger partial charge in [0.2, 0.25) is 0 Å². The van der Waals surface area contributed by atoms with E-state index in [1.54, 1.807) is 19.2 Å². The molecule has 0 saturated heterocycles. The smallest absolute Gasteiger partial charge is 0.293 e. The quantitative estimate of drug-likeness (QED) is 0.370. The topological polar surface area (TPSA) is 73.6 Å². The minimum Gasteiger partial charge on any atom is -0.497 e. The van der Waals surface area contributed by atoms with Gasteiger partial charge in [-0.25, -0.2) is 4.98 Å². The largest absolute Gasteiger partial charge is 0.497 e. The summed E-state index contributed by atoms with van der Waals surface area (Å²) in [6.07, 6.45) is 0.741.